The zero-order chi connectivity index (χ0) is 21.2. The second kappa shape index (κ2) is 17.1. The molecule has 2 rings (SSSR count). The molecule has 28 heavy (non-hydrogen) atoms. The molecule has 0 aliphatic rings. The predicted molar refractivity (Wildman–Crippen MR) is 117 cm³/mol. The normalized spacial score (nSPS) is 9.71. The van der Waals surface area contributed by atoms with Crippen LogP contribution in [0, 0.1) is 6.92 Å². The molecule has 2 N–H and O–H groups in total. The zero-order valence-corrected chi connectivity index (χ0v) is 18.1. The number of ether oxygens (including phenoxy) is 2. The van der Waals surface area contributed by atoms with Crippen LogP contribution in [0.5, 0.6) is 11.5 Å². The summed E-state index contributed by atoms with van der Waals surface area (Å²) < 4.78 is 10.9. The molecule has 0 fully saturated rings. The number of benzene rings is 2. The number of aryl methyl sites for hydroxylation is 1. The number of hydrogen-bond acceptors (Lipinski definition) is 4. The molecule has 0 spiro atoms. The highest BCUT2D eigenvalue weighted by atomic mass is 16.5. The van der Waals surface area contributed by atoms with Crippen LogP contribution in [0.1, 0.15) is 57.6 Å². The maximum absolute atomic E-state index is 8.64. The first-order chi connectivity index (χ1) is 13.6. The van der Waals surface area contributed by atoms with Crippen LogP contribution in [0.2, 0.25) is 0 Å². The van der Waals surface area contributed by atoms with Crippen molar-refractivity contribution in [3.8, 4) is 11.5 Å². The van der Waals surface area contributed by atoms with Crippen molar-refractivity contribution in [1.82, 2.24) is 0 Å². The summed E-state index contributed by atoms with van der Waals surface area (Å²) >= 11 is 0. The fraction of sp³-hybridized carbons (Fsp3) is 0.500. The summed E-state index contributed by atoms with van der Waals surface area (Å²) in [6.07, 6.45) is 1.38. The molecule has 158 valence electrons. The van der Waals surface area contributed by atoms with E-state index in [9.17, 15) is 0 Å². The molecule has 0 amide bonds. The van der Waals surface area contributed by atoms with E-state index < -0.39 is 0 Å². The lowest BCUT2D eigenvalue weighted by molar-refractivity contribution is 0.232. The second-order valence-electron chi connectivity index (χ2n) is 6.36. The van der Waals surface area contributed by atoms with E-state index in [-0.39, 0.29) is 13.2 Å². The van der Waals surface area contributed by atoms with E-state index in [1.54, 1.807) is 0 Å². The first-order valence-electron chi connectivity index (χ1n) is 10.2. The Bertz CT molecular complexity index is 611. The van der Waals surface area contributed by atoms with Crippen LogP contribution in [0.3, 0.4) is 0 Å². The maximum Gasteiger partial charge on any atom is 0.122 e. The van der Waals surface area contributed by atoms with Gasteiger partial charge in [-0.1, -0.05) is 58.0 Å². The van der Waals surface area contributed by atoms with E-state index in [0.717, 1.165) is 11.5 Å². The summed E-state index contributed by atoms with van der Waals surface area (Å²) in [5.41, 5.74) is 2.42. The number of aliphatic hydroxyl groups excluding tert-OH is 2. The average molecular weight is 391 g/mol. The fourth-order valence-corrected chi connectivity index (χ4v) is 2.30. The lowest BCUT2D eigenvalue weighted by atomic mass is 10.0. The molecule has 0 saturated heterocycles. The van der Waals surface area contributed by atoms with Crippen molar-refractivity contribution in [1.29, 1.82) is 0 Å². The van der Waals surface area contributed by atoms with Gasteiger partial charge in [0.05, 0.1) is 13.2 Å². The average Bonchev–Trinajstić information content (AvgIpc) is 2.71. The van der Waals surface area contributed by atoms with Crippen LogP contribution in [0.15, 0.2) is 48.5 Å². The van der Waals surface area contributed by atoms with E-state index in [4.69, 9.17) is 19.7 Å². The van der Waals surface area contributed by atoms with Crippen molar-refractivity contribution >= 4 is 0 Å². The van der Waals surface area contributed by atoms with Crippen LogP contribution in [0.25, 0.3) is 0 Å². The van der Waals surface area contributed by atoms with Gasteiger partial charge < -0.3 is 19.7 Å². The molecule has 0 radical (unpaired) electrons. The third kappa shape index (κ3) is 11.6. The SMILES string of the molecule is CC.CC(C)c1ccccc1OCCCO.Cc1cccc(OCCCO)c1. The highest BCUT2D eigenvalue weighted by Crippen LogP contribution is 2.25. The molecule has 0 bridgehead atoms. The van der Waals surface area contributed by atoms with Crippen LogP contribution >= 0.6 is 0 Å². The highest BCUT2D eigenvalue weighted by molar-refractivity contribution is 5.35. The number of aliphatic hydroxyl groups is 2. The molecule has 4 heteroatoms. The lowest BCUT2D eigenvalue weighted by Gasteiger charge is -2.13. The van der Waals surface area contributed by atoms with Crippen molar-refractivity contribution in [2.75, 3.05) is 26.4 Å². The molecule has 0 unspecified atom stereocenters. The Morgan fingerprint density at radius 2 is 1.43 bits per heavy atom. The summed E-state index contributed by atoms with van der Waals surface area (Å²) in [7, 11) is 0. The van der Waals surface area contributed by atoms with Gasteiger partial charge in [-0.05, 0) is 42.2 Å². The van der Waals surface area contributed by atoms with Crippen molar-refractivity contribution in [3.63, 3.8) is 0 Å². The van der Waals surface area contributed by atoms with Gasteiger partial charge in [-0.25, -0.2) is 0 Å². The smallest absolute Gasteiger partial charge is 0.122 e. The van der Waals surface area contributed by atoms with E-state index >= 15 is 0 Å². The standard InChI is InChI=1S/C12H18O2.C10H14O2.C2H6/c1-10(2)11-6-3-4-7-12(11)14-9-5-8-13;1-9-4-2-5-10(8-9)12-7-3-6-11;1-2/h3-4,6-7,10,13H,5,8-9H2,1-2H3;2,4-5,8,11H,3,6-7H2,1H3;1-2H3. The zero-order valence-electron chi connectivity index (χ0n) is 18.1. The summed E-state index contributed by atoms with van der Waals surface area (Å²) in [5, 5.41) is 17.2. The molecular formula is C24H38O4. The predicted octanol–water partition coefficient (Wildman–Crippen LogP) is 5.35. The van der Waals surface area contributed by atoms with Crippen LogP contribution < -0.4 is 9.47 Å². The lowest BCUT2D eigenvalue weighted by Crippen LogP contribution is -2.02. The Morgan fingerprint density at radius 1 is 0.821 bits per heavy atom. The highest BCUT2D eigenvalue weighted by Gasteiger charge is 2.05. The third-order valence-corrected chi connectivity index (χ3v) is 3.66. The maximum atomic E-state index is 8.64. The van der Waals surface area contributed by atoms with E-state index in [1.807, 2.05) is 63.2 Å². The first kappa shape index (κ1) is 26.0. The molecule has 2 aromatic rings. The summed E-state index contributed by atoms with van der Waals surface area (Å²) in [5.74, 6) is 2.29. The van der Waals surface area contributed by atoms with Crippen LogP contribution in [-0.4, -0.2) is 36.6 Å². The molecule has 0 heterocycles. The molecular weight excluding hydrogens is 352 g/mol. The largest absolute Gasteiger partial charge is 0.493 e. The summed E-state index contributed by atoms with van der Waals surface area (Å²) in [4.78, 5) is 0. The Hall–Kier alpha value is -2.04. The minimum Gasteiger partial charge on any atom is -0.493 e. The molecule has 0 aliphatic heterocycles. The van der Waals surface area contributed by atoms with Crippen molar-refractivity contribution in [2.45, 2.75) is 53.4 Å². The van der Waals surface area contributed by atoms with Gasteiger partial charge in [0.1, 0.15) is 11.5 Å². The van der Waals surface area contributed by atoms with Crippen LogP contribution in [-0.2, 0) is 0 Å². The van der Waals surface area contributed by atoms with Gasteiger partial charge in [0, 0.05) is 26.1 Å². The Morgan fingerprint density at radius 3 is 2.00 bits per heavy atom. The number of rotatable bonds is 9. The molecule has 0 atom stereocenters. The summed E-state index contributed by atoms with van der Waals surface area (Å²) in [6.45, 7) is 11.9. The van der Waals surface area contributed by atoms with E-state index in [0.29, 0.717) is 32.0 Å². The van der Waals surface area contributed by atoms with E-state index in [2.05, 4.69) is 19.9 Å². The molecule has 0 saturated carbocycles. The minimum atomic E-state index is 0.184. The van der Waals surface area contributed by atoms with Gasteiger partial charge in [-0.15, -0.1) is 0 Å². The number of hydrogen-bond donors (Lipinski definition) is 2. The fourth-order valence-electron chi connectivity index (χ4n) is 2.30. The van der Waals surface area contributed by atoms with Gasteiger partial charge in [0.25, 0.3) is 0 Å². The molecule has 0 aromatic heterocycles. The van der Waals surface area contributed by atoms with Gasteiger partial charge in [-0.2, -0.15) is 0 Å². The summed E-state index contributed by atoms with van der Waals surface area (Å²) in [6, 6.07) is 15.9. The first-order valence-corrected chi connectivity index (χ1v) is 10.2. The van der Waals surface area contributed by atoms with E-state index in [1.165, 1.54) is 11.1 Å². The Kier molecular flexibility index (Phi) is 15.8. The number of para-hydroxylation sites is 1. The third-order valence-electron chi connectivity index (χ3n) is 3.66. The van der Waals surface area contributed by atoms with Crippen molar-refractivity contribution in [2.24, 2.45) is 0 Å². The monoisotopic (exact) mass is 390 g/mol. The second-order valence-corrected chi connectivity index (χ2v) is 6.36. The topological polar surface area (TPSA) is 58.9 Å². The molecule has 4 nitrogen and oxygen atoms in total. The van der Waals surface area contributed by atoms with Gasteiger partial charge in [0.15, 0.2) is 0 Å². The van der Waals surface area contributed by atoms with Crippen LogP contribution in [0.4, 0.5) is 0 Å². The molecule has 2 aromatic carbocycles. The molecule has 0 aliphatic carbocycles. The Balaban J connectivity index is 0.000000483. The Labute approximate surface area is 171 Å². The van der Waals surface area contributed by atoms with Gasteiger partial charge >= 0.3 is 0 Å². The van der Waals surface area contributed by atoms with Gasteiger partial charge in [0.2, 0.25) is 0 Å². The van der Waals surface area contributed by atoms with Gasteiger partial charge in [-0.3, -0.25) is 0 Å². The quantitative estimate of drug-likeness (QED) is 0.566. The van der Waals surface area contributed by atoms with Crippen molar-refractivity contribution in [3.05, 3.63) is 59.7 Å². The minimum absolute atomic E-state index is 0.184. The van der Waals surface area contributed by atoms with Crippen molar-refractivity contribution < 1.29 is 19.7 Å².